The first-order chi connectivity index (χ1) is 14.8. The van der Waals surface area contributed by atoms with Gasteiger partial charge in [0.25, 0.3) is 17.7 Å². The average Bonchev–Trinajstić information content (AvgIpc) is 2.97. The summed E-state index contributed by atoms with van der Waals surface area (Å²) in [4.78, 5) is 51.6. The van der Waals surface area contributed by atoms with Crippen LogP contribution in [0.5, 0.6) is 0 Å². The molecule has 7 heteroatoms. The Balaban J connectivity index is 1.68. The van der Waals surface area contributed by atoms with Crippen LogP contribution in [0, 0.1) is 13.8 Å². The summed E-state index contributed by atoms with van der Waals surface area (Å²) in [6, 6.07) is 11.0. The van der Waals surface area contributed by atoms with E-state index >= 15 is 0 Å². The number of nitrogens with one attached hydrogen (secondary N) is 1. The summed E-state index contributed by atoms with van der Waals surface area (Å²) in [5.41, 5.74) is 3.15. The summed E-state index contributed by atoms with van der Waals surface area (Å²) in [5, 5.41) is 2.70. The van der Waals surface area contributed by atoms with Crippen molar-refractivity contribution in [2.75, 3.05) is 11.9 Å². The number of benzene rings is 2. The van der Waals surface area contributed by atoms with Crippen LogP contribution in [0.1, 0.15) is 58.0 Å². The van der Waals surface area contributed by atoms with Crippen molar-refractivity contribution in [1.29, 1.82) is 0 Å². The van der Waals surface area contributed by atoms with Gasteiger partial charge in [-0.1, -0.05) is 38.0 Å². The van der Waals surface area contributed by atoms with Crippen molar-refractivity contribution in [3.05, 3.63) is 64.7 Å². The molecule has 0 bridgehead atoms. The summed E-state index contributed by atoms with van der Waals surface area (Å²) in [7, 11) is 0. The number of fused-ring (bicyclic) bond motifs is 1. The van der Waals surface area contributed by atoms with E-state index in [9.17, 15) is 19.2 Å². The van der Waals surface area contributed by atoms with Crippen molar-refractivity contribution in [2.24, 2.45) is 0 Å². The first kappa shape index (κ1) is 22.2. The summed E-state index contributed by atoms with van der Waals surface area (Å²) in [6.45, 7) is 5.28. The lowest BCUT2D eigenvalue weighted by Crippen LogP contribution is -2.46. The Bertz CT molecular complexity index is 975. The van der Waals surface area contributed by atoms with Gasteiger partial charge in [0.15, 0.2) is 6.61 Å². The van der Waals surface area contributed by atoms with Crippen LogP contribution in [-0.4, -0.2) is 41.2 Å². The van der Waals surface area contributed by atoms with Crippen molar-refractivity contribution in [1.82, 2.24) is 4.90 Å². The minimum absolute atomic E-state index is 0.273. The molecular formula is C24H26N2O5. The number of aryl methyl sites for hydroxylation is 2. The molecule has 1 atom stereocenters. The molecule has 3 amide bonds. The fourth-order valence-electron chi connectivity index (χ4n) is 3.72. The van der Waals surface area contributed by atoms with Gasteiger partial charge < -0.3 is 10.1 Å². The van der Waals surface area contributed by atoms with Gasteiger partial charge in [-0.15, -0.1) is 0 Å². The van der Waals surface area contributed by atoms with E-state index in [-0.39, 0.29) is 17.5 Å². The molecule has 0 unspecified atom stereocenters. The standard InChI is InChI=1S/C24H26N2O5/c1-4-5-10-20(26-22(28)18-8-6-7-9-19(18)23(26)29)24(30)31-14-21(27)25-17-12-15(2)11-16(3)13-17/h6-9,11-13,20H,4-5,10,14H2,1-3H3,(H,25,27)/t20-/m1/s1. The van der Waals surface area contributed by atoms with Crippen LogP contribution in [0.4, 0.5) is 5.69 Å². The van der Waals surface area contributed by atoms with E-state index in [1.165, 1.54) is 0 Å². The lowest BCUT2D eigenvalue weighted by molar-refractivity contribution is -0.151. The van der Waals surface area contributed by atoms with Gasteiger partial charge in [0.2, 0.25) is 0 Å². The number of carbonyl (C=O) groups is 4. The van der Waals surface area contributed by atoms with E-state index in [1.54, 1.807) is 24.3 Å². The second-order valence-electron chi connectivity index (χ2n) is 7.72. The maximum Gasteiger partial charge on any atom is 0.329 e. The Hall–Kier alpha value is -3.48. The second kappa shape index (κ2) is 9.55. The van der Waals surface area contributed by atoms with E-state index in [1.807, 2.05) is 39.0 Å². The molecule has 31 heavy (non-hydrogen) atoms. The normalized spacial score (nSPS) is 13.7. The molecule has 0 saturated carbocycles. The van der Waals surface area contributed by atoms with Crippen LogP contribution in [-0.2, 0) is 14.3 Å². The molecule has 1 N–H and O–H groups in total. The number of hydrogen-bond donors (Lipinski definition) is 1. The monoisotopic (exact) mass is 422 g/mol. The molecule has 1 heterocycles. The molecule has 0 radical (unpaired) electrons. The van der Waals surface area contributed by atoms with Gasteiger partial charge in [-0.3, -0.25) is 19.3 Å². The highest BCUT2D eigenvalue weighted by atomic mass is 16.5. The quantitative estimate of drug-likeness (QED) is 0.518. The maximum absolute atomic E-state index is 12.8. The van der Waals surface area contributed by atoms with E-state index in [0.29, 0.717) is 12.1 Å². The Morgan fingerprint density at radius 1 is 1.00 bits per heavy atom. The third kappa shape index (κ3) is 4.99. The van der Waals surface area contributed by atoms with Crippen LogP contribution >= 0.6 is 0 Å². The van der Waals surface area contributed by atoms with Crippen molar-refractivity contribution >= 4 is 29.4 Å². The topological polar surface area (TPSA) is 92.8 Å². The number of ether oxygens (including phenoxy) is 1. The highest BCUT2D eigenvalue weighted by molar-refractivity contribution is 6.22. The molecule has 3 rings (SSSR count). The van der Waals surface area contributed by atoms with Gasteiger partial charge in [-0.05, 0) is 55.7 Å². The zero-order valence-corrected chi connectivity index (χ0v) is 17.9. The second-order valence-corrected chi connectivity index (χ2v) is 7.72. The van der Waals surface area contributed by atoms with E-state index in [2.05, 4.69) is 5.32 Å². The number of anilines is 1. The lowest BCUT2D eigenvalue weighted by atomic mass is 10.1. The van der Waals surface area contributed by atoms with Crippen LogP contribution in [0.2, 0.25) is 0 Å². The Morgan fingerprint density at radius 3 is 2.13 bits per heavy atom. The fourth-order valence-corrected chi connectivity index (χ4v) is 3.72. The number of hydrogen-bond acceptors (Lipinski definition) is 5. The van der Waals surface area contributed by atoms with Crippen LogP contribution in [0.15, 0.2) is 42.5 Å². The molecule has 162 valence electrons. The van der Waals surface area contributed by atoms with Crippen molar-refractivity contribution in [3.8, 4) is 0 Å². The number of rotatable bonds is 8. The zero-order chi connectivity index (χ0) is 22.5. The van der Waals surface area contributed by atoms with Gasteiger partial charge in [0.05, 0.1) is 11.1 Å². The minimum atomic E-state index is -1.07. The Kier molecular flexibility index (Phi) is 6.84. The van der Waals surface area contributed by atoms with E-state index < -0.39 is 36.3 Å². The smallest absolute Gasteiger partial charge is 0.329 e. The molecule has 1 aliphatic rings. The highest BCUT2D eigenvalue weighted by Gasteiger charge is 2.43. The molecule has 0 saturated heterocycles. The first-order valence-corrected chi connectivity index (χ1v) is 10.3. The number of esters is 1. The summed E-state index contributed by atoms with van der Waals surface area (Å²) in [5.74, 6) is -2.29. The van der Waals surface area contributed by atoms with Crippen molar-refractivity contribution < 1.29 is 23.9 Å². The highest BCUT2D eigenvalue weighted by Crippen LogP contribution is 2.27. The molecule has 1 aliphatic heterocycles. The van der Waals surface area contributed by atoms with Crippen LogP contribution in [0.3, 0.4) is 0 Å². The van der Waals surface area contributed by atoms with E-state index in [0.717, 1.165) is 22.4 Å². The third-order valence-electron chi connectivity index (χ3n) is 5.09. The number of nitrogens with zero attached hydrogens (tertiary/aromatic N) is 1. The predicted molar refractivity (Wildman–Crippen MR) is 116 cm³/mol. The summed E-state index contributed by atoms with van der Waals surface area (Å²) in [6.07, 6.45) is 1.68. The predicted octanol–water partition coefficient (Wildman–Crippen LogP) is 3.64. The van der Waals surface area contributed by atoms with Crippen molar-refractivity contribution in [2.45, 2.75) is 46.1 Å². The number of imide groups is 1. The van der Waals surface area contributed by atoms with Gasteiger partial charge in [-0.25, -0.2) is 4.79 Å². The lowest BCUT2D eigenvalue weighted by Gasteiger charge is -2.24. The Morgan fingerprint density at radius 2 is 1.58 bits per heavy atom. The van der Waals surface area contributed by atoms with Crippen LogP contribution in [0.25, 0.3) is 0 Å². The molecule has 2 aromatic carbocycles. The average molecular weight is 422 g/mol. The van der Waals surface area contributed by atoms with Gasteiger partial charge in [0.1, 0.15) is 6.04 Å². The molecule has 2 aromatic rings. The summed E-state index contributed by atoms with van der Waals surface area (Å²) >= 11 is 0. The third-order valence-corrected chi connectivity index (χ3v) is 5.09. The molecular weight excluding hydrogens is 396 g/mol. The molecule has 0 aromatic heterocycles. The Labute approximate surface area is 181 Å². The first-order valence-electron chi connectivity index (χ1n) is 10.3. The molecule has 0 spiro atoms. The minimum Gasteiger partial charge on any atom is -0.454 e. The van der Waals surface area contributed by atoms with Gasteiger partial charge in [-0.2, -0.15) is 0 Å². The SMILES string of the molecule is CCCC[C@H](C(=O)OCC(=O)Nc1cc(C)cc(C)c1)N1C(=O)c2ccccc2C1=O. The van der Waals surface area contributed by atoms with Gasteiger partial charge >= 0.3 is 5.97 Å². The molecule has 7 nitrogen and oxygen atoms in total. The van der Waals surface area contributed by atoms with Crippen molar-refractivity contribution in [3.63, 3.8) is 0 Å². The fraction of sp³-hybridized carbons (Fsp3) is 0.333. The van der Waals surface area contributed by atoms with E-state index in [4.69, 9.17) is 4.74 Å². The molecule has 0 aliphatic carbocycles. The van der Waals surface area contributed by atoms with Gasteiger partial charge in [0, 0.05) is 5.69 Å². The number of amides is 3. The van der Waals surface area contributed by atoms with Crippen LogP contribution < -0.4 is 5.32 Å². The number of unbranched alkanes of at least 4 members (excludes halogenated alkanes) is 1. The molecule has 0 fully saturated rings. The summed E-state index contributed by atoms with van der Waals surface area (Å²) < 4.78 is 5.21. The largest absolute Gasteiger partial charge is 0.454 e. The zero-order valence-electron chi connectivity index (χ0n) is 17.9. The maximum atomic E-state index is 12.8. The number of carbonyl (C=O) groups excluding carboxylic acids is 4.